The number of hydrogen-bond acceptors (Lipinski definition) is 1. The molecule has 0 radical (unpaired) electrons. The first-order valence-corrected chi connectivity index (χ1v) is 4.84. The summed E-state index contributed by atoms with van der Waals surface area (Å²) in [4.78, 5) is 0. The van der Waals surface area contributed by atoms with Gasteiger partial charge in [-0.2, -0.15) is 0 Å². The Labute approximate surface area is 89.5 Å². The van der Waals surface area contributed by atoms with Gasteiger partial charge >= 0.3 is 0 Å². The van der Waals surface area contributed by atoms with E-state index >= 15 is 0 Å². The molecule has 15 heavy (non-hydrogen) atoms. The average molecular weight is 195 g/mol. The third-order valence-corrected chi connectivity index (χ3v) is 2.57. The molecule has 0 bridgehead atoms. The summed E-state index contributed by atoms with van der Waals surface area (Å²) >= 11 is 0. The van der Waals surface area contributed by atoms with E-state index in [1.807, 2.05) is 30.3 Å². The van der Waals surface area contributed by atoms with Gasteiger partial charge in [-0.3, -0.25) is 0 Å². The first kappa shape index (κ1) is 9.53. The Balaban J connectivity index is 2.97. The van der Waals surface area contributed by atoms with Crippen LogP contribution in [0.1, 0.15) is 11.1 Å². The minimum Gasteiger partial charge on any atom is -0.398 e. The van der Waals surface area contributed by atoms with Crippen molar-refractivity contribution in [3.8, 4) is 0 Å². The first-order valence-electron chi connectivity index (χ1n) is 4.84. The van der Waals surface area contributed by atoms with Gasteiger partial charge < -0.3 is 5.73 Å². The van der Waals surface area contributed by atoms with Crippen molar-refractivity contribution in [3.63, 3.8) is 0 Å². The number of anilines is 1. The van der Waals surface area contributed by atoms with Crippen LogP contribution in [0.3, 0.4) is 0 Å². The van der Waals surface area contributed by atoms with Crippen molar-refractivity contribution in [2.75, 3.05) is 5.73 Å². The van der Waals surface area contributed by atoms with E-state index in [4.69, 9.17) is 5.73 Å². The standard InChI is InChI=1S/C14H13N/c1-3-10-9-14(15)13-8-6-5-7-12(13)11(10)4-2/h3-9H,1-2,15H2. The number of benzene rings is 2. The highest BCUT2D eigenvalue weighted by atomic mass is 14.6. The van der Waals surface area contributed by atoms with Crippen LogP contribution in [0.2, 0.25) is 0 Å². The Hall–Kier alpha value is -2.02. The third-order valence-electron chi connectivity index (χ3n) is 2.57. The van der Waals surface area contributed by atoms with Crippen LogP contribution in [0.5, 0.6) is 0 Å². The molecule has 2 aromatic rings. The van der Waals surface area contributed by atoms with Gasteiger partial charge in [0.2, 0.25) is 0 Å². The van der Waals surface area contributed by atoms with Crippen LogP contribution in [0.4, 0.5) is 5.69 Å². The average Bonchev–Trinajstić information content (AvgIpc) is 2.29. The van der Waals surface area contributed by atoms with Crippen LogP contribution in [0.25, 0.3) is 22.9 Å². The maximum absolute atomic E-state index is 5.97. The molecule has 2 aromatic carbocycles. The van der Waals surface area contributed by atoms with Crippen LogP contribution in [0.15, 0.2) is 43.5 Å². The van der Waals surface area contributed by atoms with Crippen molar-refractivity contribution < 1.29 is 0 Å². The highest BCUT2D eigenvalue weighted by molar-refractivity contribution is 6.01. The molecule has 2 N–H and O–H groups in total. The highest BCUT2D eigenvalue weighted by Gasteiger charge is 2.05. The van der Waals surface area contributed by atoms with Crippen molar-refractivity contribution in [1.29, 1.82) is 0 Å². The predicted molar refractivity (Wildman–Crippen MR) is 68.5 cm³/mol. The van der Waals surface area contributed by atoms with E-state index in [1.54, 1.807) is 6.08 Å². The lowest BCUT2D eigenvalue weighted by molar-refractivity contribution is 1.66. The second-order valence-corrected chi connectivity index (χ2v) is 3.42. The highest BCUT2D eigenvalue weighted by Crippen LogP contribution is 2.29. The minimum atomic E-state index is 0.783. The van der Waals surface area contributed by atoms with Crippen molar-refractivity contribution in [3.05, 3.63) is 54.6 Å². The van der Waals surface area contributed by atoms with Gasteiger partial charge in [0.05, 0.1) is 0 Å². The van der Waals surface area contributed by atoms with E-state index in [1.165, 1.54) is 0 Å². The Morgan fingerprint density at radius 1 is 1.00 bits per heavy atom. The largest absolute Gasteiger partial charge is 0.398 e. The summed E-state index contributed by atoms with van der Waals surface area (Å²) in [5.74, 6) is 0. The summed E-state index contributed by atoms with van der Waals surface area (Å²) in [5, 5.41) is 2.19. The molecule has 0 atom stereocenters. The summed E-state index contributed by atoms with van der Waals surface area (Å²) in [5.41, 5.74) is 8.88. The van der Waals surface area contributed by atoms with Crippen LogP contribution in [-0.4, -0.2) is 0 Å². The molecular formula is C14H13N. The molecule has 0 aliphatic rings. The molecule has 2 rings (SSSR count). The molecule has 0 saturated heterocycles. The molecule has 0 heterocycles. The summed E-state index contributed by atoms with van der Waals surface area (Å²) in [6.07, 6.45) is 3.65. The van der Waals surface area contributed by atoms with Gasteiger partial charge in [0.15, 0.2) is 0 Å². The Kier molecular flexibility index (Phi) is 2.30. The fourth-order valence-electron chi connectivity index (χ4n) is 1.84. The lowest BCUT2D eigenvalue weighted by atomic mass is 9.97. The molecule has 1 nitrogen and oxygen atoms in total. The van der Waals surface area contributed by atoms with Gasteiger partial charge in [-0.25, -0.2) is 0 Å². The van der Waals surface area contributed by atoms with Gasteiger partial charge in [0, 0.05) is 11.1 Å². The fourth-order valence-corrected chi connectivity index (χ4v) is 1.84. The lowest BCUT2D eigenvalue weighted by Crippen LogP contribution is -1.91. The molecule has 0 saturated carbocycles. The maximum atomic E-state index is 5.97. The van der Waals surface area contributed by atoms with E-state index in [-0.39, 0.29) is 0 Å². The summed E-state index contributed by atoms with van der Waals surface area (Å²) in [7, 11) is 0. The monoisotopic (exact) mass is 195 g/mol. The number of nitrogens with two attached hydrogens (primary N) is 1. The van der Waals surface area contributed by atoms with Gasteiger partial charge in [-0.1, -0.05) is 49.6 Å². The molecule has 1 heteroatoms. The Morgan fingerprint density at radius 2 is 1.67 bits per heavy atom. The van der Waals surface area contributed by atoms with Crippen LogP contribution < -0.4 is 5.73 Å². The Bertz CT molecular complexity index is 538. The first-order chi connectivity index (χ1) is 7.27. The smallest absolute Gasteiger partial charge is 0.0400 e. The maximum Gasteiger partial charge on any atom is 0.0400 e. The van der Waals surface area contributed by atoms with Crippen molar-refractivity contribution >= 4 is 28.6 Å². The van der Waals surface area contributed by atoms with Gasteiger partial charge in [-0.15, -0.1) is 0 Å². The van der Waals surface area contributed by atoms with Crippen molar-refractivity contribution in [2.24, 2.45) is 0 Å². The minimum absolute atomic E-state index is 0.783. The van der Waals surface area contributed by atoms with E-state index in [0.717, 1.165) is 27.6 Å². The van der Waals surface area contributed by atoms with E-state index in [0.29, 0.717) is 0 Å². The molecule has 0 fully saturated rings. The number of rotatable bonds is 2. The quantitative estimate of drug-likeness (QED) is 0.726. The normalized spacial score (nSPS) is 10.1. The zero-order chi connectivity index (χ0) is 10.8. The third kappa shape index (κ3) is 1.42. The fraction of sp³-hybridized carbons (Fsp3) is 0. The molecule has 0 aliphatic carbocycles. The molecule has 0 aliphatic heterocycles. The van der Waals surface area contributed by atoms with Crippen LogP contribution in [-0.2, 0) is 0 Å². The molecule has 0 unspecified atom stereocenters. The predicted octanol–water partition coefficient (Wildman–Crippen LogP) is 3.71. The van der Waals surface area contributed by atoms with Gasteiger partial charge in [0.25, 0.3) is 0 Å². The number of fused-ring (bicyclic) bond motifs is 1. The van der Waals surface area contributed by atoms with Crippen LogP contribution in [0, 0.1) is 0 Å². The molecule has 74 valence electrons. The lowest BCUT2D eigenvalue weighted by Gasteiger charge is -2.09. The van der Waals surface area contributed by atoms with Gasteiger partial charge in [0.1, 0.15) is 0 Å². The van der Waals surface area contributed by atoms with E-state index < -0.39 is 0 Å². The number of hydrogen-bond donors (Lipinski definition) is 1. The Morgan fingerprint density at radius 3 is 2.27 bits per heavy atom. The molecular weight excluding hydrogens is 182 g/mol. The summed E-state index contributed by atoms with van der Waals surface area (Å²) in [6, 6.07) is 9.99. The van der Waals surface area contributed by atoms with E-state index in [9.17, 15) is 0 Å². The zero-order valence-electron chi connectivity index (χ0n) is 8.53. The van der Waals surface area contributed by atoms with Crippen LogP contribution >= 0.6 is 0 Å². The summed E-state index contributed by atoms with van der Waals surface area (Å²) in [6.45, 7) is 7.61. The van der Waals surface area contributed by atoms with Crippen molar-refractivity contribution in [2.45, 2.75) is 0 Å². The summed E-state index contributed by atoms with van der Waals surface area (Å²) < 4.78 is 0. The molecule has 0 amide bonds. The van der Waals surface area contributed by atoms with Crippen molar-refractivity contribution in [1.82, 2.24) is 0 Å². The zero-order valence-corrected chi connectivity index (χ0v) is 8.53. The SMILES string of the molecule is C=Cc1cc(N)c2ccccc2c1C=C. The topological polar surface area (TPSA) is 26.0 Å². The molecule has 0 spiro atoms. The van der Waals surface area contributed by atoms with Gasteiger partial charge in [-0.05, 0) is 22.6 Å². The second-order valence-electron chi connectivity index (χ2n) is 3.42. The molecule has 0 aromatic heterocycles. The number of nitrogen functional groups attached to an aromatic ring is 1. The second kappa shape index (κ2) is 3.62. The van der Waals surface area contributed by atoms with E-state index in [2.05, 4.69) is 19.2 Å².